The number of carbonyl (C=O) groups is 1. The molecule has 4 rings (SSSR count). The number of aliphatic carboxylic acids is 1. The molecule has 0 aliphatic carbocycles. The fourth-order valence-corrected chi connectivity index (χ4v) is 4.86. The number of pyridine rings is 2. The van der Waals surface area contributed by atoms with E-state index < -0.39 is 5.97 Å². The predicted octanol–water partition coefficient (Wildman–Crippen LogP) is 5.81. The molecule has 0 bridgehead atoms. The van der Waals surface area contributed by atoms with Gasteiger partial charge in [0.25, 0.3) is 0 Å². The number of hydrogen-bond acceptors (Lipinski definition) is 6. The molecular formula is C30H38N4O3. The van der Waals surface area contributed by atoms with Crippen LogP contribution in [-0.4, -0.2) is 47.3 Å². The van der Waals surface area contributed by atoms with Crippen molar-refractivity contribution in [1.29, 1.82) is 0 Å². The van der Waals surface area contributed by atoms with Gasteiger partial charge in [-0.15, -0.1) is 0 Å². The highest BCUT2D eigenvalue weighted by atomic mass is 16.5. The quantitative estimate of drug-likeness (QED) is 0.357. The lowest BCUT2D eigenvalue weighted by Crippen LogP contribution is -2.38. The van der Waals surface area contributed by atoms with Gasteiger partial charge in [0.2, 0.25) is 0 Å². The molecule has 37 heavy (non-hydrogen) atoms. The average molecular weight is 503 g/mol. The summed E-state index contributed by atoms with van der Waals surface area (Å²) in [7, 11) is 0. The maximum absolute atomic E-state index is 11.7. The Morgan fingerprint density at radius 1 is 1.08 bits per heavy atom. The zero-order valence-corrected chi connectivity index (χ0v) is 22.6. The topological polar surface area (TPSA) is 87.6 Å². The van der Waals surface area contributed by atoms with Crippen molar-refractivity contribution < 1.29 is 14.6 Å². The molecule has 0 unspecified atom stereocenters. The van der Waals surface area contributed by atoms with Gasteiger partial charge in [-0.25, -0.2) is 0 Å². The van der Waals surface area contributed by atoms with Gasteiger partial charge in [0.15, 0.2) is 0 Å². The lowest BCUT2D eigenvalue weighted by atomic mass is 9.82. The molecule has 3 aromatic rings. The Balaban J connectivity index is 1.50. The van der Waals surface area contributed by atoms with E-state index in [1.165, 1.54) is 5.56 Å². The van der Waals surface area contributed by atoms with E-state index in [-0.39, 0.29) is 6.42 Å². The zero-order valence-electron chi connectivity index (χ0n) is 22.6. The van der Waals surface area contributed by atoms with E-state index >= 15 is 0 Å². The maximum atomic E-state index is 11.7. The molecule has 1 fully saturated rings. The Morgan fingerprint density at radius 2 is 1.84 bits per heavy atom. The largest absolute Gasteiger partial charge is 0.491 e. The molecule has 196 valence electrons. The SMILES string of the molecule is Cc1ccc(OCCNc2ccc(-c3cnc(C)c(CC(=O)O)c3N3CCC(C)(C)CC3)nc2)c(C)c1. The smallest absolute Gasteiger partial charge is 0.307 e. The molecule has 1 aromatic carbocycles. The fraction of sp³-hybridized carbons (Fsp3) is 0.433. The number of ether oxygens (including phenoxy) is 1. The first-order valence-corrected chi connectivity index (χ1v) is 13.0. The number of carboxylic acid groups (broad SMARTS) is 1. The normalized spacial score (nSPS) is 14.9. The van der Waals surface area contributed by atoms with Crippen LogP contribution in [-0.2, 0) is 11.2 Å². The number of piperidine rings is 1. The molecule has 1 saturated heterocycles. The summed E-state index contributed by atoms with van der Waals surface area (Å²) in [4.78, 5) is 23.3. The van der Waals surface area contributed by atoms with Crippen molar-refractivity contribution in [2.45, 2.75) is 53.9 Å². The Morgan fingerprint density at radius 3 is 2.49 bits per heavy atom. The van der Waals surface area contributed by atoms with Crippen LogP contribution in [0.5, 0.6) is 5.75 Å². The third kappa shape index (κ3) is 6.59. The molecule has 3 heterocycles. The van der Waals surface area contributed by atoms with Crippen LogP contribution in [0.25, 0.3) is 11.3 Å². The van der Waals surface area contributed by atoms with Crippen molar-refractivity contribution in [3.8, 4) is 17.0 Å². The second kappa shape index (κ2) is 11.2. The molecular weight excluding hydrogens is 464 g/mol. The average Bonchev–Trinajstić information content (AvgIpc) is 2.85. The molecule has 1 aliphatic heterocycles. The van der Waals surface area contributed by atoms with Crippen molar-refractivity contribution in [1.82, 2.24) is 9.97 Å². The van der Waals surface area contributed by atoms with Crippen LogP contribution in [0.1, 0.15) is 49.1 Å². The second-order valence-corrected chi connectivity index (χ2v) is 10.8. The Bertz CT molecular complexity index is 1240. The monoisotopic (exact) mass is 502 g/mol. The third-order valence-corrected chi connectivity index (χ3v) is 7.18. The maximum Gasteiger partial charge on any atom is 0.307 e. The van der Waals surface area contributed by atoms with Crippen molar-refractivity contribution in [2.75, 3.05) is 36.5 Å². The lowest BCUT2D eigenvalue weighted by molar-refractivity contribution is -0.136. The first-order valence-electron chi connectivity index (χ1n) is 13.0. The standard InChI is InChI=1S/C30H38N4O3/c1-20-6-9-27(21(2)16-20)37-15-12-31-23-7-8-26(33-18-23)25-19-32-22(3)24(17-28(35)36)29(25)34-13-10-30(4,5)11-14-34/h6-9,16,18-19,31H,10-15,17H2,1-5H3,(H,35,36). The highest BCUT2D eigenvalue weighted by Gasteiger charge is 2.29. The number of carboxylic acids is 1. The van der Waals surface area contributed by atoms with Crippen molar-refractivity contribution in [2.24, 2.45) is 5.41 Å². The molecule has 0 amide bonds. The first-order chi connectivity index (χ1) is 17.6. The third-order valence-electron chi connectivity index (χ3n) is 7.18. The van der Waals surface area contributed by atoms with Gasteiger partial charge in [-0.1, -0.05) is 31.5 Å². The molecule has 7 heteroatoms. The van der Waals surface area contributed by atoms with E-state index in [1.54, 1.807) is 0 Å². The van der Waals surface area contributed by atoms with E-state index in [0.717, 1.165) is 71.1 Å². The molecule has 2 N–H and O–H groups in total. The van der Waals surface area contributed by atoms with Gasteiger partial charge in [0, 0.05) is 42.7 Å². The fourth-order valence-electron chi connectivity index (χ4n) is 4.86. The number of nitrogens with one attached hydrogen (secondary N) is 1. The van der Waals surface area contributed by atoms with Gasteiger partial charge >= 0.3 is 5.97 Å². The van der Waals surface area contributed by atoms with Crippen LogP contribution in [0.2, 0.25) is 0 Å². The van der Waals surface area contributed by atoms with Crippen LogP contribution < -0.4 is 15.0 Å². The van der Waals surface area contributed by atoms with Crippen LogP contribution in [0.15, 0.2) is 42.7 Å². The minimum absolute atomic E-state index is 0.0536. The molecule has 7 nitrogen and oxygen atoms in total. The molecule has 0 saturated carbocycles. The summed E-state index contributed by atoms with van der Waals surface area (Å²) in [5, 5.41) is 13.0. The highest BCUT2D eigenvalue weighted by molar-refractivity contribution is 5.83. The highest BCUT2D eigenvalue weighted by Crippen LogP contribution is 2.39. The van der Waals surface area contributed by atoms with E-state index in [1.807, 2.05) is 37.5 Å². The van der Waals surface area contributed by atoms with E-state index in [0.29, 0.717) is 18.6 Å². The van der Waals surface area contributed by atoms with Gasteiger partial charge in [-0.3, -0.25) is 14.8 Å². The number of anilines is 2. The summed E-state index contributed by atoms with van der Waals surface area (Å²) < 4.78 is 5.92. The van der Waals surface area contributed by atoms with Gasteiger partial charge in [-0.2, -0.15) is 0 Å². The van der Waals surface area contributed by atoms with Crippen LogP contribution in [0, 0.1) is 26.2 Å². The number of nitrogens with zero attached hydrogens (tertiary/aromatic N) is 3. The zero-order chi connectivity index (χ0) is 26.6. The van der Waals surface area contributed by atoms with Gasteiger partial charge < -0.3 is 20.1 Å². The minimum Gasteiger partial charge on any atom is -0.491 e. The van der Waals surface area contributed by atoms with Crippen LogP contribution in [0.3, 0.4) is 0 Å². The second-order valence-electron chi connectivity index (χ2n) is 10.8. The van der Waals surface area contributed by atoms with Gasteiger partial charge in [0.05, 0.1) is 29.7 Å². The van der Waals surface area contributed by atoms with Crippen LogP contribution >= 0.6 is 0 Å². The minimum atomic E-state index is -0.851. The Labute approximate surface area is 219 Å². The van der Waals surface area contributed by atoms with Gasteiger partial charge in [-0.05, 0) is 62.8 Å². The summed E-state index contributed by atoms with van der Waals surface area (Å²) in [6.45, 7) is 13.6. The first kappa shape index (κ1) is 26.5. The molecule has 0 spiro atoms. The Hall–Kier alpha value is -3.61. The molecule has 0 radical (unpaired) electrons. The van der Waals surface area contributed by atoms with E-state index in [2.05, 4.69) is 55.0 Å². The summed E-state index contributed by atoms with van der Waals surface area (Å²) >= 11 is 0. The summed E-state index contributed by atoms with van der Waals surface area (Å²) in [6.07, 6.45) is 5.71. The number of rotatable bonds is 9. The molecule has 2 aromatic heterocycles. The number of hydrogen-bond donors (Lipinski definition) is 2. The summed E-state index contributed by atoms with van der Waals surface area (Å²) in [5.41, 5.74) is 7.71. The van der Waals surface area contributed by atoms with Crippen molar-refractivity contribution >= 4 is 17.3 Å². The van der Waals surface area contributed by atoms with E-state index in [9.17, 15) is 9.90 Å². The number of aryl methyl sites for hydroxylation is 3. The molecule has 0 atom stereocenters. The van der Waals surface area contributed by atoms with Crippen molar-refractivity contribution in [3.63, 3.8) is 0 Å². The Kier molecular flexibility index (Phi) is 8.00. The molecule has 1 aliphatic rings. The lowest BCUT2D eigenvalue weighted by Gasteiger charge is -2.40. The van der Waals surface area contributed by atoms with Crippen molar-refractivity contribution in [3.05, 3.63) is 65.1 Å². The van der Waals surface area contributed by atoms with Crippen LogP contribution in [0.4, 0.5) is 11.4 Å². The predicted molar refractivity (Wildman–Crippen MR) is 149 cm³/mol. The summed E-state index contributed by atoms with van der Waals surface area (Å²) in [5.74, 6) is 0.0507. The van der Waals surface area contributed by atoms with E-state index in [4.69, 9.17) is 9.72 Å². The van der Waals surface area contributed by atoms with Gasteiger partial charge in [0.1, 0.15) is 12.4 Å². The summed E-state index contributed by atoms with van der Waals surface area (Å²) in [6, 6.07) is 10.2. The number of aromatic nitrogens is 2. The number of benzene rings is 1.